The second-order valence-corrected chi connectivity index (χ2v) is 29.0. The molecule has 3 aromatic heterocycles. The van der Waals surface area contributed by atoms with Crippen LogP contribution in [0.4, 0.5) is 0 Å². The van der Waals surface area contributed by atoms with E-state index in [-0.39, 0.29) is 0 Å². The normalized spacial score (nSPS) is 15.0. The molecule has 0 saturated heterocycles. The molecule has 2 N–H and O–H groups in total. The number of thioether (sulfide) groups is 8. The Labute approximate surface area is 481 Å². The number of aromatic amines is 2. The van der Waals surface area contributed by atoms with Gasteiger partial charge in [-0.25, -0.2) is 9.97 Å². The maximum atomic E-state index is 5.53. The second-order valence-electron chi connectivity index (χ2n) is 18.8. The molecule has 0 fully saturated rings. The molecule has 380 valence electrons. The Hall–Kier alpha value is -4.76. The fourth-order valence-electron chi connectivity index (χ4n) is 9.78. The van der Waals surface area contributed by atoms with Gasteiger partial charge in [0.1, 0.15) is 0 Å². The Kier molecular flexibility index (Phi) is 16.8. The smallest absolute Gasteiger partial charge is 0.0737 e. The molecular formula is C64H56N4S8. The number of aromatic nitrogens is 4. The van der Waals surface area contributed by atoms with Crippen LogP contribution in [0.15, 0.2) is 169 Å². The number of nitrogens with zero attached hydrogens (tertiary/aromatic N) is 2. The first kappa shape index (κ1) is 52.0. The van der Waals surface area contributed by atoms with E-state index in [1.807, 2.05) is 70.6 Å². The lowest BCUT2D eigenvalue weighted by Gasteiger charge is -2.08. The Morgan fingerprint density at radius 2 is 0.737 bits per heavy atom. The summed E-state index contributed by atoms with van der Waals surface area (Å²) in [7, 11) is 0. The molecule has 4 aromatic carbocycles. The number of hydrogen-bond acceptors (Lipinski definition) is 10. The second kappa shape index (κ2) is 24.5. The Bertz CT molecular complexity index is 3580. The molecule has 0 spiro atoms. The highest BCUT2D eigenvalue weighted by Crippen LogP contribution is 2.71. The molecule has 0 aliphatic carbocycles. The predicted octanol–water partition coefficient (Wildman–Crippen LogP) is 22.1. The highest BCUT2D eigenvalue weighted by Gasteiger charge is 2.35. The summed E-state index contributed by atoms with van der Waals surface area (Å²) < 4.78 is 10.2. The molecule has 7 aromatic rings. The van der Waals surface area contributed by atoms with Crippen molar-refractivity contribution >= 4 is 147 Å². The molecule has 12 heteroatoms. The molecule has 4 nitrogen and oxygen atoms in total. The fourth-order valence-corrected chi connectivity index (χ4v) is 22.3. The Morgan fingerprint density at radius 1 is 0.382 bits per heavy atom. The summed E-state index contributed by atoms with van der Waals surface area (Å²) in [6.45, 7) is 4.60. The standard InChI is InChI=1S/C64H56N4S8/c1-3-5-7-18-38-69-59-60(70-39-19-8-6-4-2)74-63(73-59)64-75-61-62(76-64)72-54(71-61)40-41-26-28-45(29-27-41)58-52-36-34-50(67-52)56(43-22-14-10-15-23-43)48-32-30-46(65-48)55(42-20-12-9-13-21-42)47-31-33-49(66-47)57(44-24-16-11-17-25-44)51-35-37-53(58)68-51/h9-17,20-37,40,65,68H,3-8,18-19,38-39H2,1-2H3. The summed E-state index contributed by atoms with van der Waals surface area (Å²) in [6, 6.07) is 49.7. The highest BCUT2D eigenvalue weighted by atomic mass is 32.3. The molecule has 8 heterocycles. The van der Waals surface area contributed by atoms with Gasteiger partial charge in [-0.1, -0.05) is 238 Å². The first-order valence-electron chi connectivity index (χ1n) is 26.3. The Morgan fingerprint density at radius 3 is 1.12 bits per heavy atom. The van der Waals surface area contributed by atoms with Crippen molar-refractivity contribution < 1.29 is 0 Å². The molecule has 76 heavy (non-hydrogen) atoms. The zero-order valence-corrected chi connectivity index (χ0v) is 48.9. The van der Waals surface area contributed by atoms with Crippen molar-refractivity contribution in [1.29, 1.82) is 0 Å². The van der Waals surface area contributed by atoms with Crippen LogP contribution in [0.5, 0.6) is 0 Å². The van der Waals surface area contributed by atoms with E-state index < -0.39 is 0 Å². The average Bonchev–Trinajstić information content (AvgIpc) is 4.36. The molecule has 0 unspecified atom stereocenters. The van der Waals surface area contributed by atoms with Gasteiger partial charge in [-0.15, -0.1) is 23.5 Å². The fraction of sp³-hybridized carbons (Fsp3) is 0.188. The lowest BCUT2D eigenvalue weighted by atomic mass is 10.0. The van der Waals surface area contributed by atoms with Crippen molar-refractivity contribution in [3.8, 4) is 44.5 Å². The van der Waals surface area contributed by atoms with Gasteiger partial charge in [0.05, 0.1) is 52.4 Å². The van der Waals surface area contributed by atoms with Crippen LogP contribution in [-0.2, 0) is 0 Å². The van der Waals surface area contributed by atoms with E-state index >= 15 is 0 Å². The minimum absolute atomic E-state index is 0.902. The van der Waals surface area contributed by atoms with Gasteiger partial charge in [0, 0.05) is 44.3 Å². The molecule has 0 amide bonds. The zero-order chi connectivity index (χ0) is 51.2. The third-order valence-corrected chi connectivity index (χ3v) is 25.2. The van der Waals surface area contributed by atoms with Crippen LogP contribution in [0.1, 0.15) is 93.6 Å². The summed E-state index contributed by atoms with van der Waals surface area (Å²) in [5, 5.41) is 0. The lowest BCUT2D eigenvalue weighted by molar-refractivity contribution is 0.707. The van der Waals surface area contributed by atoms with Gasteiger partial charge in [-0.2, -0.15) is 0 Å². The summed E-state index contributed by atoms with van der Waals surface area (Å²) >= 11 is 16.1. The number of unbranched alkanes of at least 4 members (excludes halogenated alkanes) is 6. The van der Waals surface area contributed by atoms with Crippen molar-refractivity contribution in [1.82, 2.24) is 19.9 Å². The topological polar surface area (TPSA) is 57.4 Å². The third-order valence-electron chi connectivity index (χ3n) is 13.5. The van der Waals surface area contributed by atoms with E-state index in [2.05, 4.69) is 217 Å². The summed E-state index contributed by atoms with van der Waals surface area (Å²) in [5.41, 5.74) is 17.3. The van der Waals surface area contributed by atoms with E-state index in [4.69, 9.17) is 9.97 Å². The van der Waals surface area contributed by atoms with Crippen molar-refractivity contribution in [2.75, 3.05) is 11.5 Å². The van der Waals surface area contributed by atoms with Gasteiger partial charge < -0.3 is 9.97 Å². The van der Waals surface area contributed by atoms with Gasteiger partial charge in [-0.3, -0.25) is 0 Å². The minimum atomic E-state index is 0.902. The largest absolute Gasteiger partial charge is 0.354 e. The van der Waals surface area contributed by atoms with Gasteiger partial charge in [-0.05, 0) is 107 Å². The Balaban J connectivity index is 0.882. The number of hydrogen-bond donors (Lipinski definition) is 2. The van der Waals surface area contributed by atoms with E-state index in [1.165, 1.54) is 89.6 Å². The van der Waals surface area contributed by atoms with Gasteiger partial charge in [0.15, 0.2) is 0 Å². The minimum Gasteiger partial charge on any atom is -0.354 e. The average molecular weight is 1140 g/mol. The predicted molar refractivity (Wildman–Crippen MR) is 348 cm³/mol. The zero-order valence-electron chi connectivity index (χ0n) is 42.4. The van der Waals surface area contributed by atoms with Gasteiger partial charge in [0.2, 0.25) is 0 Å². The molecule has 0 radical (unpaired) electrons. The number of rotatable bonds is 17. The maximum Gasteiger partial charge on any atom is 0.0737 e. The van der Waals surface area contributed by atoms with Crippen molar-refractivity contribution in [3.63, 3.8) is 0 Å². The maximum absolute atomic E-state index is 5.53. The van der Waals surface area contributed by atoms with E-state index in [0.29, 0.717) is 0 Å². The highest BCUT2D eigenvalue weighted by molar-refractivity contribution is 8.49. The molecular weight excluding hydrogens is 1080 g/mol. The van der Waals surface area contributed by atoms with Crippen LogP contribution < -0.4 is 0 Å². The number of benzene rings is 4. The number of fused-ring (bicyclic) bond motifs is 8. The van der Waals surface area contributed by atoms with Crippen LogP contribution in [0.2, 0.25) is 0 Å². The van der Waals surface area contributed by atoms with Gasteiger partial charge >= 0.3 is 0 Å². The quantitative estimate of drug-likeness (QED) is 0.0863. The van der Waals surface area contributed by atoms with Crippen molar-refractivity contribution in [3.05, 3.63) is 198 Å². The van der Waals surface area contributed by atoms with E-state index in [1.54, 1.807) is 8.47 Å². The SMILES string of the molecule is CCCCCCSC1=C(SCCCCCC)SC(=C2SC3=C(SC(=Cc4ccc(-c5c6nc(c(-c7ccccc7)c7ccc([nH]7)c(-c7ccccc7)c7nc(c(-c8ccccc8)c8ccc5[nH]8)C=C7)C=C6)cc4)S3)S2)S1. The molecule has 5 aliphatic rings. The molecule has 0 saturated carbocycles. The van der Waals surface area contributed by atoms with Crippen LogP contribution in [0.25, 0.3) is 97.0 Å². The molecule has 12 rings (SSSR count). The molecule has 5 aliphatic heterocycles. The first-order chi connectivity index (χ1) is 37.6. The molecule has 8 bridgehead atoms. The number of nitrogens with one attached hydrogen (secondary N) is 2. The molecule has 0 atom stereocenters. The van der Waals surface area contributed by atoms with Crippen molar-refractivity contribution in [2.45, 2.75) is 65.2 Å². The van der Waals surface area contributed by atoms with E-state index in [9.17, 15) is 0 Å². The van der Waals surface area contributed by atoms with Gasteiger partial charge in [0.25, 0.3) is 0 Å². The van der Waals surface area contributed by atoms with Crippen LogP contribution in [0.3, 0.4) is 0 Å². The van der Waals surface area contributed by atoms with Crippen molar-refractivity contribution in [2.24, 2.45) is 0 Å². The third kappa shape index (κ3) is 11.5. The van der Waals surface area contributed by atoms with Crippen LogP contribution in [-0.4, -0.2) is 31.4 Å². The summed E-state index contributed by atoms with van der Waals surface area (Å²) in [5.74, 6) is 2.45. The first-order valence-corrected chi connectivity index (χ1v) is 33.1. The van der Waals surface area contributed by atoms with E-state index in [0.717, 1.165) is 89.4 Å². The monoisotopic (exact) mass is 1140 g/mol. The summed E-state index contributed by atoms with van der Waals surface area (Å²) in [4.78, 5) is 18.8. The van der Waals surface area contributed by atoms with Crippen LogP contribution in [0, 0.1) is 0 Å². The lowest BCUT2D eigenvalue weighted by Crippen LogP contribution is -1.89. The number of H-pyrrole nitrogens is 2. The van der Waals surface area contributed by atoms with Crippen LogP contribution >= 0.6 is 94.1 Å². The summed E-state index contributed by atoms with van der Waals surface area (Å²) in [6.07, 6.45) is 21.6.